The van der Waals surface area contributed by atoms with Crippen LogP contribution in [0.4, 0.5) is 5.69 Å². The molecule has 2 N–H and O–H groups in total. The van der Waals surface area contributed by atoms with Crippen LogP contribution in [0.5, 0.6) is 0 Å². The van der Waals surface area contributed by atoms with Crippen LogP contribution in [0.3, 0.4) is 0 Å². The summed E-state index contributed by atoms with van der Waals surface area (Å²) >= 11 is 0. The third-order valence-electron chi connectivity index (χ3n) is 5.30. The van der Waals surface area contributed by atoms with Crippen molar-refractivity contribution in [3.05, 3.63) is 45.4 Å². The lowest BCUT2D eigenvalue weighted by atomic mass is 9.74. The zero-order valence-corrected chi connectivity index (χ0v) is 13.7. The highest BCUT2D eigenvalue weighted by molar-refractivity contribution is 5.90. The summed E-state index contributed by atoms with van der Waals surface area (Å²) < 4.78 is 5.69. The smallest absolute Gasteiger partial charge is 0.343 e. The van der Waals surface area contributed by atoms with E-state index in [2.05, 4.69) is 24.8 Å². The van der Waals surface area contributed by atoms with Crippen molar-refractivity contribution in [2.45, 2.75) is 38.5 Å². The lowest BCUT2D eigenvalue weighted by Crippen LogP contribution is -2.40. The van der Waals surface area contributed by atoms with Crippen molar-refractivity contribution < 1.29 is 4.42 Å². The summed E-state index contributed by atoms with van der Waals surface area (Å²) in [5.41, 5.74) is 10.4. The van der Waals surface area contributed by atoms with Crippen LogP contribution in [0, 0.1) is 0 Å². The highest BCUT2D eigenvalue weighted by Gasteiger charge is 2.35. The van der Waals surface area contributed by atoms with E-state index in [-0.39, 0.29) is 11.0 Å². The summed E-state index contributed by atoms with van der Waals surface area (Å²) in [5.74, 6) is 0. The molecule has 2 aliphatic heterocycles. The van der Waals surface area contributed by atoms with Crippen molar-refractivity contribution in [2.24, 2.45) is 5.73 Å². The Hall–Kier alpha value is -2.23. The van der Waals surface area contributed by atoms with E-state index in [4.69, 9.17) is 10.2 Å². The Labute approximate surface area is 135 Å². The van der Waals surface area contributed by atoms with Crippen LogP contribution in [0.15, 0.2) is 27.5 Å². The van der Waals surface area contributed by atoms with Gasteiger partial charge in [0.2, 0.25) is 0 Å². The highest BCUT2D eigenvalue weighted by atomic mass is 16.4. The first-order chi connectivity index (χ1) is 11.0. The van der Waals surface area contributed by atoms with Crippen LogP contribution in [0.1, 0.15) is 43.4 Å². The third-order valence-corrected chi connectivity index (χ3v) is 5.30. The summed E-state index contributed by atoms with van der Waals surface area (Å²) in [7, 11) is 0. The molecule has 4 heteroatoms. The molecule has 1 aromatic heterocycles. The van der Waals surface area contributed by atoms with Gasteiger partial charge in [0.15, 0.2) is 0 Å². The predicted molar refractivity (Wildman–Crippen MR) is 93.9 cm³/mol. The molecule has 0 amide bonds. The maximum absolute atomic E-state index is 12.2. The first kappa shape index (κ1) is 14.4. The van der Waals surface area contributed by atoms with Crippen LogP contribution in [-0.2, 0) is 11.8 Å². The normalized spacial score (nSPS) is 19.3. The Morgan fingerprint density at radius 2 is 2.13 bits per heavy atom. The zero-order chi connectivity index (χ0) is 16.2. The first-order valence-corrected chi connectivity index (χ1v) is 8.29. The minimum absolute atomic E-state index is 0.145. The lowest BCUT2D eigenvalue weighted by molar-refractivity contribution is 0.444. The van der Waals surface area contributed by atoms with Gasteiger partial charge in [-0.25, -0.2) is 4.79 Å². The Balaban J connectivity index is 2.09. The number of aryl methyl sites for hydroxylation is 1. The average molecular weight is 310 g/mol. The number of hydrogen-bond acceptors (Lipinski definition) is 4. The molecule has 2 aromatic rings. The number of nitrogens with zero attached hydrogens (tertiary/aromatic N) is 1. The van der Waals surface area contributed by atoms with Crippen molar-refractivity contribution in [1.82, 2.24) is 0 Å². The fourth-order valence-corrected chi connectivity index (χ4v) is 4.00. The number of anilines is 1. The molecule has 23 heavy (non-hydrogen) atoms. The molecule has 0 saturated heterocycles. The number of rotatable bonds is 1. The van der Waals surface area contributed by atoms with Crippen molar-refractivity contribution >= 4 is 22.7 Å². The van der Waals surface area contributed by atoms with Crippen LogP contribution < -0.4 is 16.3 Å². The predicted octanol–water partition coefficient (Wildman–Crippen LogP) is 3.16. The second-order valence-corrected chi connectivity index (χ2v) is 7.24. The van der Waals surface area contributed by atoms with Gasteiger partial charge in [-0.2, -0.15) is 0 Å². The van der Waals surface area contributed by atoms with Crippen molar-refractivity contribution in [2.75, 3.05) is 18.0 Å². The van der Waals surface area contributed by atoms with Crippen molar-refractivity contribution in [3.63, 3.8) is 0 Å². The molecule has 3 heterocycles. The Bertz CT molecular complexity index is 877. The van der Waals surface area contributed by atoms with E-state index in [0.29, 0.717) is 5.56 Å². The molecule has 2 aliphatic rings. The second kappa shape index (κ2) is 4.88. The molecular weight excluding hydrogens is 288 g/mol. The van der Waals surface area contributed by atoms with Gasteiger partial charge in [-0.05, 0) is 54.6 Å². The van der Waals surface area contributed by atoms with Gasteiger partial charge in [0.25, 0.3) is 0 Å². The molecule has 0 unspecified atom stereocenters. The minimum atomic E-state index is -0.317. The van der Waals surface area contributed by atoms with Gasteiger partial charge in [0.1, 0.15) is 5.58 Å². The number of fused-ring (bicyclic) bond motifs is 2. The van der Waals surface area contributed by atoms with E-state index in [1.54, 1.807) is 6.08 Å². The Kier molecular flexibility index (Phi) is 3.05. The maximum atomic E-state index is 12.2. The van der Waals surface area contributed by atoms with Crippen LogP contribution >= 0.6 is 0 Å². The molecular formula is C19H22N2O2. The Morgan fingerprint density at radius 3 is 2.91 bits per heavy atom. The van der Waals surface area contributed by atoms with Gasteiger partial charge in [-0.15, -0.1) is 0 Å². The zero-order valence-electron chi connectivity index (χ0n) is 13.7. The molecule has 0 spiro atoms. The molecule has 4 nitrogen and oxygen atoms in total. The van der Waals surface area contributed by atoms with E-state index in [9.17, 15) is 4.79 Å². The van der Waals surface area contributed by atoms with Gasteiger partial charge < -0.3 is 15.1 Å². The summed E-state index contributed by atoms with van der Waals surface area (Å²) in [5, 5.41) is 1.00. The van der Waals surface area contributed by atoms with E-state index < -0.39 is 0 Å². The quantitative estimate of drug-likeness (QED) is 0.822. The van der Waals surface area contributed by atoms with Crippen LogP contribution in [-0.4, -0.2) is 13.1 Å². The summed E-state index contributed by atoms with van der Waals surface area (Å²) in [4.78, 5) is 14.7. The van der Waals surface area contributed by atoms with E-state index in [1.165, 1.54) is 23.0 Å². The van der Waals surface area contributed by atoms with Crippen molar-refractivity contribution in [3.8, 4) is 0 Å². The summed E-state index contributed by atoms with van der Waals surface area (Å²) in [6, 6.07) is 4.12. The fraction of sp³-hybridized carbons (Fsp3) is 0.421. The maximum Gasteiger partial charge on any atom is 0.343 e. The Morgan fingerprint density at radius 1 is 1.30 bits per heavy atom. The van der Waals surface area contributed by atoms with Crippen LogP contribution in [0.25, 0.3) is 17.0 Å². The number of benzene rings is 1. The largest absolute Gasteiger partial charge is 0.422 e. The van der Waals surface area contributed by atoms with Gasteiger partial charge in [-0.3, -0.25) is 0 Å². The first-order valence-electron chi connectivity index (χ1n) is 8.29. The SMILES string of the molecule is CC1(C)CCN2CCCc3c2c1cc1cc(C=CN)c(=O)oc31. The van der Waals surface area contributed by atoms with Gasteiger partial charge in [-0.1, -0.05) is 13.8 Å². The van der Waals surface area contributed by atoms with E-state index >= 15 is 0 Å². The summed E-state index contributed by atoms with van der Waals surface area (Å²) in [6.07, 6.45) is 6.22. The number of hydrogen-bond donors (Lipinski definition) is 1. The molecule has 0 radical (unpaired) electrons. The molecule has 1 aromatic carbocycles. The monoisotopic (exact) mass is 310 g/mol. The fourth-order valence-electron chi connectivity index (χ4n) is 4.00. The number of nitrogens with two attached hydrogens (primary N) is 1. The van der Waals surface area contributed by atoms with Crippen LogP contribution in [0.2, 0.25) is 0 Å². The van der Waals surface area contributed by atoms with Crippen molar-refractivity contribution in [1.29, 1.82) is 0 Å². The molecule has 4 rings (SSSR count). The average Bonchev–Trinajstić information content (AvgIpc) is 2.52. The molecule has 0 saturated carbocycles. The lowest BCUT2D eigenvalue weighted by Gasteiger charge is -2.43. The second-order valence-electron chi connectivity index (χ2n) is 7.24. The molecule has 0 atom stereocenters. The van der Waals surface area contributed by atoms with Gasteiger partial charge in [0, 0.05) is 29.7 Å². The minimum Gasteiger partial charge on any atom is -0.422 e. The standard InChI is InChI=1S/C19H22N2O2/c1-19(2)6-9-21-8-3-4-14-16(21)15(19)11-13-10-12(5-7-20)18(22)23-17(13)14/h5,7,10-11H,3-4,6,8-9,20H2,1-2H3. The van der Waals surface area contributed by atoms with Gasteiger partial charge in [0.05, 0.1) is 5.56 Å². The molecule has 0 bridgehead atoms. The molecule has 0 fully saturated rings. The van der Waals surface area contributed by atoms with Gasteiger partial charge >= 0.3 is 5.63 Å². The highest BCUT2D eigenvalue weighted by Crippen LogP contribution is 2.46. The summed E-state index contributed by atoms with van der Waals surface area (Å²) in [6.45, 7) is 6.79. The third kappa shape index (κ3) is 2.08. The van der Waals surface area contributed by atoms with E-state index in [1.807, 2.05) is 6.07 Å². The molecule has 0 aliphatic carbocycles. The molecule has 120 valence electrons. The topological polar surface area (TPSA) is 59.5 Å². The van der Waals surface area contributed by atoms with E-state index in [0.717, 1.165) is 43.3 Å².